The lowest BCUT2D eigenvalue weighted by Crippen LogP contribution is -2.43. The van der Waals surface area contributed by atoms with Crippen LogP contribution >= 0.6 is 23.7 Å². The van der Waals surface area contributed by atoms with E-state index >= 15 is 0 Å². The number of aromatic nitrogens is 3. The molecule has 1 aliphatic heterocycles. The van der Waals surface area contributed by atoms with E-state index in [4.69, 9.17) is 5.73 Å². The van der Waals surface area contributed by atoms with Crippen molar-refractivity contribution in [2.75, 3.05) is 37.6 Å². The van der Waals surface area contributed by atoms with E-state index in [1.807, 2.05) is 6.07 Å². The monoisotopic (exact) mass is 464 g/mol. The van der Waals surface area contributed by atoms with E-state index in [0.717, 1.165) is 35.9 Å². The van der Waals surface area contributed by atoms with Gasteiger partial charge < -0.3 is 16.0 Å². The number of hydrogen-bond donors (Lipinski definition) is 2. The average molecular weight is 465 g/mol. The molecule has 0 saturated carbocycles. The highest BCUT2D eigenvalue weighted by Crippen LogP contribution is 2.31. The van der Waals surface area contributed by atoms with Crippen LogP contribution in [0.1, 0.15) is 4.88 Å². The smallest absolute Gasteiger partial charge is 0.346 e. The van der Waals surface area contributed by atoms with E-state index in [2.05, 4.69) is 45.6 Å². The molecule has 3 heterocycles. The van der Waals surface area contributed by atoms with Gasteiger partial charge in [-0.05, 0) is 35.4 Å². The van der Waals surface area contributed by atoms with Crippen LogP contribution in [0, 0.1) is 0 Å². The predicted octanol–water partition coefficient (Wildman–Crippen LogP) is 2.47. The van der Waals surface area contributed by atoms with Gasteiger partial charge in [0, 0.05) is 48.2 Å². The number of rotatable bonds is 7. The summed E-state index contributed by atoms with van der Waals surface area (Å²) < 4.78 is 15.5. The zero-order chi connectivity index (χ0) is 20.9. The van der Waals surface area contributed by atoms with Crippen LogP contribution in [0.4, 0.5) is 10.1 Å². The van der Waals surface area contributed by atoms with E-state index in [9.17, 15) is 9.18 Å². The number of hydrogen-bond acceptors (Lipinski definition) is 6. The van der Waals surface area contributed by atoms with Gasteiger partial charge in [-0.15, -0.1) is 23.7 Å². The van der Waals surface area contributed by atoms with Gasteiger partial charge in [0.2, 0.25) is 0 Å². The number of benzene rings is 1. The van der Waals surface area contributed by atoms with Crippen molar-refractivity contribution in [3.63, 3.8) is 0 Å². The Kier molecular flexibility index (Phi) is 8.03. The van der Waals surface area contributed by atoms with Gasteiger partial charge >= 0.3 is 5.69 Å². The molecule has 0 bridgehead atoms. The van der Waals surface area contributed by atoms with Crippen LogP contribution in [0.15, 0.2) is 59.4 Å². The van der Waals surface area contributed by atoms with E-state index in [0.29, 0.717) is 18.4 Å². The van der Waals surface area contributed by atoms with Crippen molar-refractivity contribution < 1.29 is 4.39 Å². The molecule has 1 fully saturated rings. The molecule has 7 nitrogen and oxygen atoms in total. The number of halogens is 2. The number of nitrogens with zero attached hydrogens (tertiary/aromatic N) is 4. The lowest BCUT2D eigenvalue weighted by molar-refractivity contribution is 0.589. The van der Waals surface area contributed by atoms with Gasteiger partial charge in [-0.3, -0.25) is 4.57 Å². The first-order valence-corrected chi connectivity index (χ1v) is 10.7. The summed E-state index contributed by atoms with van der Waals surface area (Å²) in [5.74, 6) is 0. The molecule has 1 aliphatic rings. The molecule has 2 aromatic heterocycles. The molecule has 0 spiro atoms. The van der Waals surface area contributed by atoms with Gasteiger partial charge in [0.1, 0.15) is 6.33 Å². The Balaban J connectivity index is 0.00000272. The first-order valence-electron chi connectivity index (χ1n) is 9.93. The molecular formula is C21H26ClFN6OS. The minimum atomic E-state index is -0.279. The van der Waals surface area contributed by atoms with Crippen molar-refractivity contribution in [1.29, 1.82) is 0 Å². The zero-order valence-electron chi connectivity index (χ0n) is 17.0. The maximum Gasteiger partial charge on any atom is 0.346 e. The van der Waals surface area contributed by atoms with Crippen LogP contribution in [0.5, 0.6) is 0 Å². The van der Waals surface area contributed by atoms with E-state index in [-0.39, 0.29) is 31.2 Å². The first kappa shape index (κ1) is 23.2. The fraction of sp³-hybridized carbons (Fsp3) is 0.333. The van der Waals surface area contributed by atoms with Crippen LogP contribution in [-0.4, -0.2) is 47.1 Å². The normalized spacial score (nSPS) is 14.5. The second-order valence-electron chi connectivity index (χ2n) is 7.22. The number of thiophene rings is 1. The molecule has 31 heavy (non-hydrogen) atoms. The van der Waals surface area contributed by atoms with Gasteiger partial charge in [-0.25, -0.2) is 13.9 Å². The van der Waals surface area contributed by atoms with E-state index < -0.39 is 0 Å². The van der Waals surface area contributed by atoms with Crippen molar-refractivity contribution in [3.8, 4) is 10.4 Å². The summed E-state index contributed by atoms with van der Waals surface area (Å²) in [5.41, 5.74) is 7.92. The van der Waals surface area contributed by atoms with Crippen LogP contribution in [0.3, 0.4) is 0 Å². The maximum absolute atomic E-state index is 12.7. The quantitative estimate of drug-likeness (QED) is 0.561. The van der Waals surface area contributed by atoms with Crippen molar-refractivity contribution in [2.24, 2.45) is 5.73 Å². The van der Waals surface area contributed by atoms with Crippen molar-refractivity contribution in [1.82, 2.24) is 19.7 Å². The number of nitrogens with one attached hydrogen (secondary N) is 1. The Bertz CT molecular complexity index is 1090. The Labute approximate surface area is 190 Å². The summed E-state index contributed by atoms with van der Waals surface area (Å²) >= 11 is 1.66. The molecule has 3 N–H and O–H groups in total. The molecule has 1 aromatic carbocycles. The van der Waals surface area contributed by atoms with Crippen LogP contribution in [0.2, 0.25) is 0 Å². The second-order valence-corrected chi connectivity index (χ2v) is 8.39. The highest BCUT2D eigenvalue weighted by Gasteiger charge is 2.13. The van der Waals surface area contributed by atoms with Crippen molar-refractivity contribution in [2.45, 2.75) is 13.1 Å². The molecule has 1 saturated heterocycles. The summed E-state index contributed by atoms with van der Waals surface area (Å²) in [6.45, 7) is 4.57. The Morgan fingerprint density at radius 1 is 1.26 bits per heavy atom. The first-order chi connectivity index (χ1) is 14.7. The molecule has 0 atom stereocenters. The molecule has 0 amide bonds. The third-order valence-electron chi connectivity index (χ3n) is 5.17. The molecular weight excluding hydrogens is 439 g/mol. The molecule has 0 aliphatic carbocycles. The lowest BCUT2D eigenvalue weighted by atomic mass is 10.1. The highest BCUT2D eigenvalue weighted by molar-refractivity contribution is 7.15. The second kappa shape index (κ2) is 10.7. The predicted molar refractivity (Wildman–Crippen MR) is 126 cm³/mol. The maximum atomic E-state index is 12.7. The van der Waals surface area contributed by atoms with E-state index in [1.165, 1.54) is 26.8 Å². The standard InChI is InChI=1S/C21H25FN6OS.ClH/c22-11-16(12-23)13-28-21(29)27(15-25-28)14-19-4-5-20(30-19)17-2-1-3-18(10-17)26-8-6-24-7-9-26;/h1-5,10-11,15,24H,6-9,12-14,23H2;1H/b16-11+;. The number of nitrogens with two attached hydrogens (primary N) is 1. The topological polar surface area (TPSA) is 81.1 Å². The number of piperazine rings is 1. The summed E-state index contributed by atoms with van der Waals surface area (Å²) in [4.78, 5) is 17.1. The van der Waals surface area contributed by atoms with Crippen LogP contribution in [0.25, 0.3) is 10.4 Å². The molecule has 166 valence electrons. The highest BCUT2D eigenvalue weighted by atomic mass is 35.5. The van der Waals surface area contributed by atoms with Crippen molar-refractivity contribution >= 4 is 29.4 Å². The molecule has 4 rings (SSSR count). The van der Waals surface area contributed by atoms with Gasteiger partial charge in [0.25, 0.3) is 0 Å². The summed E-state index contributed by atoms with van der Waals surface area (Å²) in [5, 5.41) is 7.45. The minimum Gasteiger partial charge on any atom is -0.369 e. The van der Waals surface area contributed by atoms with Crippen LogP contribution < -0.4 is 21.6 Å². The Morgan fingerprint density at radius 2 is 2.06 bits per heavy atom. The zero-order valence-corrected chi connectivity index (χ0v) is 18.7. The Morgan fingerprint density at radius 3 is 2.81 bits per heavy atom. The van der Waals surface area contributed by atoms with E-state index in [1.54, 1.807) is 11.3 Å². The summed E-state index contributed by atoms with van der Waals surface area (Å²) in [6, 6.07) is 12.7. The van der Waals surface area contributed by atoms with Crippen molar-refractivity contribution in [3.05, 3.63) is 70.0 Å². The molecule has 0 radical (unpaired) electrons. The largest absolute Gasteiger partial charge is 0.369 e. The van der Waals surface area contributed by atoms with Gasteiger partial charge in [-0.1, -0.05) is 12.1 Å². The van der Waals surface area contributed by atoms with Gasteiger partial charge in [0.05, 0.1) is 19.4 Å². The summed E-state index contributed by atoms with van der Waals surface area (Å²) in [7, 11) is 0. The SMILES string of the molecule is Cl.NC/C(=C\F)Cn1ncn(Cc2ccc(-c3cccc(N4CCNCC4)c3)s2)c1=O. The third-order valence-corrected chi connectivity index (χ3v) is 6.29. The fourth-order valence-electron chi connectivity index (χ4n) is 3.49. The number of anilines is 1. The molecule has 3 aromatic rings. The van der Waals surface area contributed by atoms with Gasteiger partial charge in [-0.2, -0.15) is 5.10 Å². The van der Waals surface area contributed by atoms with Crippen LogP contribution in [-0.2, 0) is 13.1 Å². The van der Waals surface area contributed by atoms with Gasteiger partial charge in [0.15, 0.2) is 0 Å². The molecule has 10 heteroatoms. The third kappa shape index (κ3) is 5.43. The summed E-state index contributed by atoms with van der Waals surface area (Å²) in [6.07, 6.45) is 1.92. The average Bonchev–Trinajstić information content (AvgIpc) is 3.40. The minimum absolute atomic E-state index is 0. The Hall–Kier alpha value is -2.46. The lowest BCUT2D eigenvalue weighted by Gasteiger charge is -2.29. The molecule has 0 unspecified atom stereocenters. The fourth-order valence-corrected chi connectivity index (χ4v) is 4.49.